The fourth-order valence-electron chi connectivity index (χ4n) is 3.16. The molecule has 0 bridgehead atoms. The second kappa shape index (κ2) is 7.48. The fraction of sp³-hybridized carbons (Fsp3) is 0.190. The van der Waals surface area contributed by atoms with Gasteiger partial charge in [-0.1, -0.05) is 23.7 Å². The molecule has 3 heterocycles. The second-order valence-corrected chi connectivity index (χ2v) is 6.96. The number of nitrogens with one attached hydrogen (secondary N) is 2. The molecule has 0 fully saturated rings. The Bertz CT molecular complexity index is 1090. The number of rotatable bonds is 4. The maximum Gasteiger partial charge on any atom is 0.222 e. The van der Waals surface area contributed by atoms with Crippen LogP contribution in [0.25, 0.3) is 22.6 Å². The van der Waals surface area contributed by atoms with Crippen molar-refractivity contribution in [2.24, 2.45) is 4.99 Å². The summed E-state index contributed by atoms with van der Waals surface area (Å²) in [6.07, 6.45) is 1.71. The van der Waals surface area contributed by atoms with E-state index < -0.39 is 0 Å². The largest absolute Gasteiger partial charge is 0.455 e. The Morgan fingerprint density at radius 1 is 1.21 bits per heavy atom. The number of halogens is 1. The number of benzene rings is 1. The number of aliphatic imine (C=N–C) groups is 1. The molecule has 142 valence electrons. The molecule has 1 aliphatic rings. The van der Waals surface area contributed by atoms with Crippen molar-refractivity contribution in [3.05, 3.63) is 58.7 Å². The zero-order chi connectivity index (χ0) is 19.7. The van der Waals surface area contributed by atoms with Crippen molar-refractivity contribution in [3.63, 3.8) is 0 Å². The molecule has 6 nitrogen and oxygen atoms in total. The second-order valence-electron chi connectivity index (χ2n) is 6.56. The van der Waals surface area contributed by atoms with Crippen LogP contribution in [0.4, 0.5) is 5.82 Å². The average molecular weight is 395 g/mol. The number of hydrogen-bond acceptors (Lipinski definition) is 5. The van der Waals surface area contributed by atoms with E-state index in [1.54, 1.807) is 12.3 Å². The Hall–Kier alpha value is -3.12. The lowest BCUT2D eigenvalue weighted by Gasteiger charge is -2.07. The molecule has 0 radical (unpaired) electrons. The van der Waals surface area contributed by atoms with Crippen molar-refractivity contribution in [1.82, 2.24) is 10.3 Å². The maximum absolute atomic E-state index is 11.4. The number of aromatic nitrogens is 1. The number of carbonyl (C=O) groups excluding carboxylic acids is 1. The predicted molar refractivity (Wildman–Crippen MR) is 111 cm³/mol. The number of hydrogen-bond donors (Lipinski definition) is 2. The van der Waals surface area contributed by atoms with Gasteiger partial charge in [0.1, 0.15) is 23.2 Å². The molecule has 28 heavy (non-hydrogen) atoms. The average Bonchev–Trinajstić information content (AvgIpc) is 3.32. The Morgan fingerprint density at radius 2 is 2.04 bits per heavy atom. The van der Waals surface area contributed by atoms with E-state index in [-0.39, 0.29) is 5.91 Å². The third kappa shape index (κ3) is 3.51. The molecule has 2 N–H and O–H groups in total. The first kappa shape index (κ1) is 18.3. The highest BCUT2D eigenvalue weighted by Crippen LogP contribution is 2.37. The number of aryl methyl sites for hydroxylation is 1. The van der Waals surface area contributed by atoms with Crippen LogP contribution in [0.1, 0.15) is 18.1 Å². The lowest BCUT2D eigenvalue weighted by Crippen LogP contribution is -2.19. The van der Waals surface area contributed by atoms with Gasteiger partial charge in [0, 0.05) is 30.8 Å². The summed E-state index contributed by atoms with van der Waals surface area (Å²) in [6.45, 7) is 4.91. The molecule has 3 aromatic rings. The maximum atomic E-state index is 11.4. The van der Waals surface area contributed by atoms with Crippen molar-refractivity contribution in [3.8, 4) is 22.6 Å². The van der Waals surface area contributed by atoms with Gasteiger partial charge >= 0.3 is 0 Å². The van der Waals surface area contributed by atoms with Crippen molar-refractivity contribution >= 4 is 29.2 Å². The number of carbonyl (C=O) groups is 1. The highest BCUT2D eigenvalue weighted by atomic mass is 35.5. The summed E-state index contributed by atoms with van der Waals surface area (Å²) in [6, 6.07) is 11.3. The van der Waals surface area contributed by atoms with Crippen LogP contribution in [0.3, 0.4) is 0 Å². The van der Waals surface area contributed by atoms with Gasteiger partial charge < -0.3 is 15.1 Å². The van der Waals surface area contributed by atoms with Crippen molar-refractivity contribution in [2.45, 2.75) is 13.8 Å². The molecule has 0 atom stereocenters. The van der Waals surface area contributed by atoms with E-state index >= 15 is 0 Å². The van der Waals surface area contributed by atoms with Crippen LogP contribution in [0.2, 0.25) is 5.02 Å². The zero-order valence-electron chi connectivity index (χ0n) is 15.5. The molecule has 0 saturated heterocycles. The van der Waals surface area contributed by atoms with E-state index in [2.05, 4.69) is 20.6 Å². The summed E-state index contributed by atoms with van der Waals surface area (Å²) in [5, 5.41) is 6.61. The third-order valence-electron chi connectivity index (χ3n) is 4.45. The summed E-state index contributed by atoms with van der Waals surface area (Å²) in [5.74, 6) is 2.41. The van der Waals surface area contributed by atoms with Gasteiger partial charge in [0.05, 0.1) is 17.1 Å². The van der Waals surface area contributed by atoms with Crippen molar-refractivity contribution < 1.29 is 9.21 Å². The van der Waals surface area contributed by atoms with Crippen LogP contribution in [0.15, 0.2) is 52.0 Å². The Kier molecular flexibility index (Phi) is 4.88. The van der Waals surface area contributed by atoms with Gasteiger partial charge in [0.25, 0.3) is 0 Å². The third-order valence-corrected chi connectivity index (χ3v) is 4.78. The monoisotopic (exact) mass is 394 g/mol. The smallest absolute Gasteiger partial charge is 0.222 e. The van der Waals surface area contributed by atoms with Crippen LogP contribution < -0.4 is 10.6 Å². The first-order valence-corrected chi connectivity index (χ1v) is 9.33. The Balaban J connectivity index is 1.87. The summed E-state index contributed by atoms with van der Waals surface area (Å²) in [5.41, 5.74) is 3.44. The molecule has 1 aliphatic heterocycles. The Labute approximate surface area is 167 Å². The van der Waals surface area contributed by atoms with E-state index in [1.807, 2.05) is 37.3 Å². The molecule has 7 heteroatoms. The number of pyridine rings is 1. The molecule has 0 spiro atoms. The first-order chi connectivity index (χ1) is 13.5. The van der Waals surface area contributed by atoms with Crippen LogP contribution in [0.5, 0.6) is 0 Å². The van der Waals surface area contributed by atoms with Crippen LogP contribution in [-0.2, 0) is 4.79 Å². The number of anilines is 1. The van der Waals surface area contributed by atoms with Crippen molar-refractivity contribution in [2.75, 3.05) is 18.4 Å². The molecular weight excluding hydrogens is 376 g/mol. The van der Waals surface area contributed by atoms with Crippen LogP contribution in [-0.4, -0.2) is 29.8 Å². The number of nitrogens with zero attached hydrogens (tertiary/aromatic N) is 2. The van der Waals surface area contributed by atoms with Crippen molar-refractivity contribution in [1.29, 1.82) is 0 Å². The Morgan fingerprint density at radius 3 is 2.75 bits per heavy atom. The first-order valence-electron chi connectivity index (χ1n) is 8.95. The number of amidine groups is 1. The minimum absolute atomic E-state index is 0.177. The lowest BCUT2D eigenvalue weighted by molar-refractivity contribution is -0.114. The zero-order valence-corrected chi connectivity index (χ0v) is 16.3. The standard InChI is InChI=1S/C21H19ClN4O2/c1-12-11-25-19(26-13(2)27)10-15(12)18-9-16(21-23-7-8-24-21)20(28-18)14-5-3-4-6-17(14)22/h3-6,9-11H,7-8H2,1-2H3,(H,23,24)(H,25,26,27). The molecular formula is C21H19ClN4O2. The lowest BCUT2D eigenvalue weighted by atomic mass is 10.1. The summed E-state index contributed by atoms with van der Waals surface area (Å²) < 4.78 is 6.28. The van der Waals surface area contributed by atoms with Gasteiger partial charge in [-0.25, -0.2) is 4.98 Å². The summed E-state index contributed by atoms with van der Waals surface area (Å²) in [4.78, 5) is 20.2. The fourth-order valence-corrected chi connectivity index (χ4v) is 3.38. The number of furan rings is 1. The van der Waals surface area contributed by atoms with E-state index in [4.69, 9.17) is 16.0 Å². The van der Waals surface area contributed by atoms with Gasteiger partial charge in [-0.15, -0.1) is 0 Å². The molecule has 0 saturated carbocycles. The minimum Gasteiger partial charge on any atom is -0.455 e. The van der Waals surface area contributed by atoms with Crippen LogP contribution in [0, 0.1) is 6.92 Å². The highest BCUT2D eigenvalue weighted by Gasteiger charge is 2.22. The molecule has 1 aromatic carbocycles. The van der Waals surface area contributed by atoms with Gasteiger partial charge in [0.15, 0.2) is 0 Å². The molecule has 0 unspecified atom stereocenters. The van der Waals surface area contributed by atoms with Gasteiger partial charge in [-0.2, -0.15) is 0 Å². The number of amides is 1. The van der Waals surface area contributed by atoms with Gasteiger partial charge in [0.2, 0.25) is 5.91 Å². The predicted octanol–water partition coefficient (Wildman–Crippen LogP) is 4.28. The van der Waals surface area contributed by atoms with Gasteiger partial charge in [-0.05, 0) is 36.8 Å². The van der Waals surface area contributed by atoms with E-state index in [1.165, 1.54) is 6.92 Å². The molecule has 0 aliphatic carbocycles. The molecule has 1 amide bonds. The highest BCUT2D eigenvalue weighted by molar-refractivity contribution is 6.33. The molecule has 2 aromatic heterocycles. The quantitative estimate of drug-likeness (QED) is 0.692. The SMILES string of the molecule is CC(=O)Nc1cc(-c2cc(C3=NCCN3)c(-c3ccccc3Cl)o2)c(C)cn1. The topological polar surface area (TPSA) is 79.5 Å². The summed E-state index contributed by atoms with van der Waals surface area (Å²) >= 11 is 6.43. The van der Waals surface area contributed by atoms with Gasteiger partial charge in [-0.3, -0.25) is 9.79 Å². The van der Waals surface area contributed by atoms with E-state index in [9.17, 15) is 4.79 Å². The molecule has 4 rings (SSSR count). The van der Waals surface area contributed by atoms with E-state index in [0.29, 0.717) is 22.4 Å². The van der Waals surface area contributed by atoms with Crippen LogP contribution >= 0.6 is 11.6 Å². The van der Waals surface area contributed by atoms with E-state index in [0.717, 1.165) is 41.2 Å². The minimum atomic E-state index is -0.177. The summed E-state index contributed by atoms with van der Waals surface area (Å²) in [7, 11) is 0. The normalized spacial score (nSPS) is 13.2.